The third-order valence-electron chi connectivity index (χ3n) is 5.92. The van der Waals surface area contributed by atoms with Gasteiger partial charge in [-0.25, -0.2) is 0 Å². The normalized spacial score (nSPS) is 21.6. The fourth-order valence-electron chi connectivity index (χ4n) is 4.70. The van der Waals surface area contributed by atoms with Crippen molar-refractivity contribution < 1.29 is 0 Å². The van der Waals surface area contributed by atoms with E-state index in [1.54, 1.807) is 0 Å². The molecule has 0 aliphatic heterocycles. The third kappa shape index (κ3) is 2.48. The maximum atomic E-state index is 2.54. The summed E-state index contributed by atoms with van der Waals surface area (Å²) < 4.78 is 5.08. The van der Waals surface area contributed by atoms with Crippen LogP contribution < -0.4 is 0 Å². The first kappa shape index (κ1) is 14.8. The van der Waals surface area contributed by atoms with E-state index in [1.165, 1.54) is 53.9 Å². The fourth-order valence-corrected chi connectivity index (χ4v) is 4.70. The molecule has 25 heavy (non-hydrogen) atoms. The lowest BCUT2D eigenvalue weighted by atomic mass is 10.0. The van der Waals surface area contributed by atoms with Gasteiger partial charge in [0, 0.05) is 23.4 Å². The third-order valence-corrected chi connectivity index (χ3v) is 5.92. The van der Waals surface area contributed by atoms with Crippen LogP contribution in [0, 0.1) is 0 Å². The Labute approximate surface area is 148 Å². The maximum absolute atomic E-state index is 2.54. The Kier molecular flexibility index (Phi) is 3.62. The first-order valence-electron chi connectivity index (χ1n) is 9.53. The first-order valence-corrected chi connectivity index (χ1v) is 9.53. The van der Waals surface area contributed by atoms with E-state index in [0.29, 0.717) is 12.1 Å². The summed E-state index contributed by atoms with van der Waals surface area (Å²) in [4.78, 5) is 0. The largest absolute Gasteiger partial charge is 0.342 e. The lowest BCUT2D eigenvalue weighted by molar-refractivity contribution is 0.321. The summed E-state index contributed by atoms with van der Waals surface area (Å²) in [5.41, 5.74) is 2.74. The highest BCUT2D eigenvalue weighted by Crippen LogP contribution is 2.40. The summed E-state index contributed by atoms with van der Waals surface area (Å²) in [6, 6.07) is 23.2. The zero-order chi connectivity index (χ0) is 16.6. The lowest BCUT2D eigenvalue weighted by Gasteiger charge is -2.30. The molecule has 1 fully saturated rings. The average molecular weight is 328 g/mol. The molecule has 2 heteroatoms. The van der Waals surface area contributed by atoms with Crippen molar-refractivity contribution in [1.29, 1.82) is 0 Å². The van der Waals surface area contributed by atoms with Crippen LogP contribution in [0.1, 0.15) is 44.2 Å². The molecular weight excluding hydrogens is 304 g/mol. The summed E-state index contributed by atoms with van der Waals surface area (Å²) in [6.07, 6.45) is 11.1. The van der Waals surface area contributed by atoms with E-state index >= 15 is 0 Å². The number of nitrogens with zero attached hydrogens (tertiary/aromatic N) is 2. The molecule has 4 aromatic rings. The lowest BCUT2D eigenvalue weighted by Crippen LogP contribution is -2.21. The minimum Gasteiger partial charge on any atom is -0.342 e. The van der Waals surface area contributed by atoms with Gasteiger partial charge in [-0.3, -0.25) is 0 Å². The summed E-state index contributed by atoms with van der Waals surface area (Å²) >= 11 is 0. The SMILES string of the molecule is c1ccc2c(c1)ccn2C1CCCCCC1n1ccc2ccccc21. The van der Waals surface area contributed by atoms with Crippen LogP contribution in [0.5, 0.6) is 0 Å². The quantitative estimate of drug-likeness (QED) is 0.380. The Bertz CT molecular complexity index is 925. The van der Waals surface area contributed by atoms with Crippen molar-refractivity contribution in [3.05, 3.63) is 73.1 Å². The zero-order valence-corrected chi connectivity index (χ0v) is 14.5. The van der Waals surface area contributed by atoms with Crippen molar-refractivity contribution >= 4 is 21.8 Å². The Morgan fingerprint density at radius 2 is 1.04 bits per heavy atom. The second kappa shape index (κ2) is 6.11. The van der Waals surface area contributed by atoms with Crippen molar-refractivity contribution in [2.75, 3.05) is 0 Å². The smallest absolute Gasteiger partial charge is 0.0544 e. The van der Waals surface area contributed by atoms with Crippen LogP contribution >= 0.6 is 0 Å². The van der Waals surface area contributed by atoms with E-state index in [-0.39, 0.29) is 0 Å². The minimum absolute atomic E-state index is 0.526. The molecule has 2 aromatic carbocycles. The number of para-hydroxylation sites is 2. The van der Waals surface area contributed by atoms with E-state index in [1.807, 2.05) is 0 Å². The van der Waals surface area contributed by atoms with Crippen molar-refractivity contribution in [1.82, 2.24) is 9.13 Å². The van der Waals surface area contributed by atoms with E-state index in [4.69, 9.17) is 0 Å². The van der Waals surface area contributed by atoms with Crippen LogP contribution in [0.3, 0.4) is 0 Å². The van der Waals surface area contributed by atoms with Gasteiger partial charge in [0.25, 0.3) is 0 Å². The molecule has 2 nitrogen and oxygen atoms in total. The van der Waals surface area contributed by atoms with E-state index < -0.39 is 0 Å². The Morgan fingerprint density at radius 3 is 1.56 bits per heavy atom. The highest BCUT2D eigenvalue weighted by atomic mass is 15.1. The molecule has 0 bridgehead atoms. The Hall–Kier alpha value is -2.48. The highest BCUT2D eigenvalue weighted by Gasteiger charge is 2.27. The van der Waals surface area contributed by atoms with Gasteiger partial charge in [0.05, 0.1) is 12.1 Å². The summed E-state index contributed by atoms with van der Waals surface area (Å²) in [5, 5.41) is 2.70. The van der Waals surface area contributed by atoms with Crippen molar-refractivity contribution in [3.63, 3.8) is 0 Å². The van der Waals surface area contributed by atoms with Crippen LogP contribution in [0.25, 0.3) is 21.8 Å². The molecule has 2 heterocycles. The molecule has 2 unspecified atom stereocenters. The molecule has 0 saturated heterocycles. The van der Waals surface area contributed by atoms with Crippen LogP contribution in [-0.2, 0) is 0 Å². The maximum Gasteiger partial charge on any atom is 0.0544 e. The number of aromatic nitrogens is 2. The van der Waals surface area contributed by atoms with Crippen molar-refractivity contribution in [2.45, 2.75) is 44.2 Å². The number of hydrogen-bond acceptors (Lipinski definition) is 0. The highest BCUT2D eigenvalue weighted by molar-refractivity contribution is 5.81. The zero-order valence-electron chi connectivity index (χ0n) is 14.5. The van der Waals surface area contributed by atoms with Gasteiger partial charge in [-0.2, -0.15) is 0 Å². The Balaban J connectivity index is 1.65. The predicted molar refractivity (Wildman–Crippen MR) is 105 cm³/mol. The summed E-state index contributed by atoms with van der Waals surface area (Å²) in [6.45, 7) is 0. The van der Waals surface area contributed by atoms with Crippen molar-refractivity contribution in [3.8, 4) is 0 Å². The monoisotopic (exact) mass is 328 g/mol. The van der Waals surface area contributed by atoms with Gasteiger partial charge in [-0.1, -0.05) is 55.7 Å². The van der Waals surface area contributed by atoms with E-state index in [0.717, 1.165) is 0 Å². The molecule has 5 rings (SSSR count). The number of rotatable bonds is 2. The molecule has 0 spiro atoms. The Morgan fingerprint density at radius 1 is 0.560 bits per heavy atom. The number of benzene rings is 2. The molecule has 0 amide bonds. The van der Waals surface area contributed by atoms with Crippen LogP contribution in [0.15, 0.2) is 73.1 Å². The van der Waals surface area contributed by atoms with Gasteiger partial charge in [-0.05, 0) is 47.9 Å². The number of fused-ring (bicyclic) bond motifs is 2. The van der Waals surface area contributed by atoms with Crippen LogP contribution in [0.2, 0.25) is 0 Å². The summed E-state index contributed by atoms with van der Waals surface area (Å²) in [7, 11) is 0. The molecule has 2 aromatic heterocycles. The molecule has 0 N–H and O–H groups in total. The van der Waals surface area contributed by atoms with Crippen molar-refractivity contribution in [2.24, 2.45) is 0 Å². The molecular formula is C23H24N2. The molecule has 126 valence electrons. The average Bonchev–Trinajstić information content (AvgIpc) is 3.20. The predicted octanol–water partition coefficient (Wildman–Crippen LogP) is 6.34. The molecule has 0 radical (unpaired) electrons. The molecule has 1 aliphatic rings. The standard InChI is InChI=1S/C23H24N2/c1-2-12-22(24-16-14-18-8-4-6-10-20(18)24)23(13-3-1)25-17-15-19-9-5-7-11-21(19)25/h4-11,14-17,22-23H,1-3,12-13H2. The van der Waals surface area contributed by atoms with Gasteiger partial charge in [0.15, 0.2) is 0 Å². The second-order valence-corrected chi connectivity index (χ2v) is 7.34. The number of hydrogen-bond donors (Lipinski definition) is 0. The van der Waals surface area contributed by atoms with Gasteiger partial charge in [0.2, 0.25) is 0 Å². The minimum atomic E-state index is 0.526. The summed E-state index contributed by atoms with van der Waals surface area (Å²) in [5.74, 6) is 0. The topological polar surface area (TPSA) is 9.86 Å². The first-order chi connectivity index (χ1) is 12.4. The van der Waals surface area contributed by atoms with E-state index in [2.05, 4.69) is 82.2 Å². The van der Waals surface area contributed by atoms with Crippen LogP contribution in [0.4, 0.5) is 0 Å². The molecule has 1 aliphatic carbocycles. The molecule has 1 saturated carbocycles. The van der Waals surface area contributed by atoms with Gasteiger partial charge < -0.3 is 9.13 Å². The second-order valence-electron chi connectivity index (χ2n) is 7.34. The van der Waals surface area contributed by atoms with Gasteiger partial charge >= 0.3 is 0 Å². The van der Waals surface area contributed by atoms with E-state index in [9.17, 15) is 0 Å². The van der Waals surface area contributed by atoms with Gasteiger partial charge in [-0.15, -0.1) is 0 Å². The fraction of sp³-hybridized carbons (Fsp3) is 0.304. The molecule has 2 atom stereocenters. The van der Waals surface area contributed by atoms with Gasteiger partial charge in [0.1, 0.15) is 0 Å². The van der Waals surface area contributed by atoms with Crippen LogP contribution in [-0.4, -0.2) is 9.13 Å².